The van der Waals surface area contributed by atoms with Gasteiger partial charge in [0.2, 0.25) is 0 Å². The summed E-state index contributed by atoms with van der Waals surface area (Å²) in [6, 6.07) is 0. The van der Waals surface area contributed by atoms with Gasteiger partial charge in [-0.2, -0.15) is 0 Å². The molecule has 0 aliphatic heterocycles. The van der Waals surface area contributed by atoms with Gasteiger partial charge < -0.3 is 34.6 Å². The molecule has 0 fully saturated rings. The maximum Gasteiger partial charge on any atom is 0.469 e. The third kappa shape index (κ3) is 36.4. The number of carbonyl (C=O) groups is 2. The fourth-order valence-corrected chi connectivity index (χ4v) is 5.58. The molecule has 4 atom stereocenters. The van der Waals surface area contributed by atoms with Gasteiger partial charge in [-0.15, -0.1) is 0 Å². The molecule has 0 aliphatic carbocycles. The number of rotatable bonds is 35. The first-order valence-corrected chi connectivity index (χ1v) is 21.4. The molecule has 306 valence electrons. The number of carbonyl (C=O) groups excluding carboxylic acids is 2. The number of aliphatic hydroxyl groups is 3. The van der Waals surface area contributed by atoms with Crippen LogP contribution in [-0.2, 0) is 28.2 Å². The van der Waals surface area contributed by atoms with Gasteiger partial charge in [0.1, 0.15) is 6.61 Å². The van der Waals surface area contributed by atoms with E-state index in [-0.39, 0.29) is 25.7 Å². The smallest absolute Gasteiger partial charge is 0.462 e. The van der Waals surface area contributed by atoms with Gasteiger partial charge in [-0.05, 0) is 51.4 Å². The Bertz CT molecular complexity index is 1100. The van der Waals surface area contributed by atoms with Crippen LogP contribution in [0.5, 0.6) is 0 Å². The molecule has 0 saturated carbocycles. The van der Waals surface area contributed by atoms with Gasteiger partial charge in [-0.1, -0.05) is 145 Å². The summed E-state index contributed by atoms with van der Waals surface area (Å²) in [5, 5.41) is 30.2. The highest BCUT2D eigenvalue weighted by Gasteiger charge is 2.23. The molecule has 12 heteroatoms. The summed E-state index contributed by atoms with van der Waals surface area (Å²) in [7, 11) is -4.84. The van der Waals surface area contributed by atoms with Crippen molar-refractivity contribution in [2.45, 2.75) is 173 Å². The topological polar surface area (TPSA) is 180 Å². The van der Waals surface area contributed by atoms with Gasteiger partial charge in [-0.25, -0.2) is 4.57 Å². The van der Waals surface area contributed by atoms with E-state index in [4.69, 9.17) is 19.3 Å². The molecule has 0 bridgehead atoms. The number of hydrogen-bond donors (Lipinski definition) is 5. The van der Waals surface area contributed by atoms with E-state index in [2.05, 4.69) is 30.5 Å². The minimum Gasteiger partial charge on any atom is -0.462 e. The molecule has 0 radical (unpaired) electrons. The maximum atomic E-state index is 12.4. The summed E-state index contributed by atoms with van der Waals surface area (Å²) in [6.45, 7) is 3.26. The Morgan fingerprint density at radius 3 is 1.75 bits per heavy atom. The summed E-state index contributed by atoms with van der Waals surface area (Å²) in [5.74, 6) is -1.22. The van der Waals surface area contributed by atoms with E-state index in [1.807, 2.05) is 0 Å². The second-order valence-corrected chi connectivity index (χ2v) is 14.7. The van der Waals surface area contributed by atoms with Crippen LogP contribution in [0.1, 0.15) is 149 Å². The van der Waals surface area contributed by atoms with Crippen molar-refractivity contribution < 1.29 is 53.3 Å². The van der Waals surface area contributed by atoms with Crippen molar-refractivity contribution >= 4 is 19.8 Å². The van der Waals surface area contributed by atoms with Gasteiger partial charge in [0.25, 0.3) is 0 Å². The SMILES string of the molecule is CCCCCC/C=C\CCCCCCCCCC(=O)O[C@H](COC(=O)CCC[C@@H](O)[C@H](O)/C=C/C=C/C=C\C=C\[C@H](O)CCCCC)COP(=O)(O)O. The molecule has 0 rings (SSSR count). The van der Waals surface area contributed by atoms with Crippen molar-refractivity contribution in [3.8, 4) is 0 Å². The van der Waals surface area contributed by atoms with Crippen molar-refractivity contribution in [1.82, 2.24) is 0 Å². The van der Waals surface area contributed by atoms with Crippen molar-refractivity contribution in [1.29, 1.82) is 0 Å². The number of ether oxygens (including phenoxy) is 2. The minimum absolute atomic E-state index is 0.0884. The Morgan fingerprint density at radius 2 is 1.13 bits per heavy atom. The largest absolute Gasteiger partial charge is 0.469 e. The molecule has 11 nitrogen and oxygen atoms in total. The fourth-order valence-electron chi connectivity index (χ4n) is 5.22. The van der Waals surface area contributed by atoms with E-state index in [1.54, 1.807) is 42.5 Å². The van der Waals surface area contributed by atoms with E-state index in [9.17, 15) is 29.5 Å². The third-order valence-corrected chi connectivity index (χ3v) is 8.86. The first-order valence-electron chi connectivity index (χ1n) is 19.9. The molecule has 5 N–H and O–H groups in total. The van der Waals surface area contributed by atoms with Gasteiger partial charge in [0.15, 0.2) is 6.10 Å². The second kappa shape index (κ2) is 35.3. The first kappa shape index (κ1) is 50.6. The standard InChI is InChI=1S/C41H71O11P/c1-3-5-7-8-9-10-11-12-13-14-15-16-17-22-26-32-41(46)52-37(35-51-53(47,48)49)34-50-40(45)33-27-31-39(44)38(43)30-25-21-19-18-20-24-29-36(42)28-23-6-4-2/h10-11,18-21,24-25,29-30,36-39,42-44H,3-9,12-17,22-23,26-28,31-35H2,1-2H3,(H2,47,48,49)/b11-10-,20-18-,21-19+,29-24+,30-25+/t36-,37-,38-,39-/m1/s1. The highest BCUT2D eigenvalue weighted by Crippen LogP contribution is 2.36. The Labute approximate surface area is 319 Å². The summed E-state index contributed by atoms with van der Waals surface area (Å²) in [6.07, 6.45) is 33.1. The zero-order valence-corrected chi connectivity index (χ0v) is 33.4. The van der Waals surface area contributed by atoms with Crippen LogP contribution >= 0.6 is 7.82 Å². The quantitative estimate of drug-likeness (QED) is 0.0137. The number of unbranched alkanes of at least 4 members (excludes halogenated alkanes) is 13. The van der Waals surface area contributed by atoms with Gasteiger partial charge in [0.05, 0.1) is 24.9 Å². The number of phosphoric acid groups is 1. The van der Waals surface area contributed by atoms with Crippen LogP contribution in [0.15, 0.2) is 60.8 Å². The van der Waals surface area contributed by atoms with Crippen molar-refractivity contribution in [2.75, 3.05) is 13.2 Å². The van der Waals surface area contributed by atoms with Crippen LogP contribution in [0.3, 0.4) is 0 Å². The van der Waals surface area contributed by atoms with Crippen LogP contribution in [0.2, 0.25) is 0 Å². The van der Waals surface area contributed by atoms with E-state index in [0.717, 1.165) is 57.8 Å². The van der Waals surface area contributed by atoms with Crippen LogP contribution in [0.25, 0.3) is 0 Å². The maximum absolute atomic E-state index is 12.4. The van der Waals surface area contributed by atoms with Crippen molar-refractivity contribution in [2.24, 2.45) is 0 Å². The molecule has 53 heavy (non-hydrogen) atoms. The fraction of sp³-hybridized carbons (Fsp3) is 0.707. The van der Waals surface area contributed by atoms with E-state index in [0.29, 0.717) is 6.42 Å². The summed E-state index contributed by atoms with van der Waals surface area (Å²) in [4.78, 5) is 42.8. The molecular formula is C41H71O11P. The average molecular weight is 771 g/mol. The lowest BCUT2D eigenvalue weighted by atomic mass is 10.1. The molecule has 0 aliphatic rings. The van der Waals surface area contributed by atoms with Gasteiger partial charge >= 0.3 is 19.8 Å². The lowest BCUT2D eigenvalue weighted by Crippen LogP contribution is -2.29. The number of hydrogen-bond acceptors (Lipinski definition) is 9. The predicted octanol–water partition coefficient (Wildman–Crippen LogP) is 8.65. The monoisotopic (exact) mass is 770 g/mol. The lowest BCUT2D eigenvalue weighted by molar-refractivity contribution is -0.161. The zero-order valence-electron chi connectivity index (χ0n) is 32.5. The van der Waals surface area contributed by atoms with E-state index >= 15 is 0 Å². The second-order valence-electron chi connectivity index (χ2n) is 13.5. The molecule has 0 heterocycles. The first-order chi connectivity index (χ1) is 25.5. The Hall–Kier alpha value is -2.37. The van der Waals surface area contributed by atoms with E-state index in [1.165, 1.54) is 51.0 Å². The number of aliphatic hydroxyl groups excluding tert-OH is 3. The van der Waals surface area contributed by atoms with E-state index < -0.39 is 57.4 Å². The average Bonchev–Trinajstić information content (AvgIpc) is 3.11. The van der Waals surface area contributed by atoms with Crippen molar-refractivity contribution in [3.05, 3.63) is 60.8 Å². The molecule has 0 unspecified atom stereocenters. The van der Waals surface area contributed by atoms with Crippen molar-refractivity contribution in [3.63, 3.8) is 0 Å². The van der Waals surface area contributed by atoms with Gasteiger partial charge in [-0.3, -0.25) is 14.1 Å². The third-order valence-electron chi connectivity index (χ3n) is 8.38. The van der Waals surface area contributed by atoms with Crippen LogP contribution < -0.4 is 0 Å². The molecule has 0 aromatic rings. The number of esters is 2. The normalized spacial score (nSPS) is 14.9. The summed E-state index contributed by atoms with van der Waals surface area (Å²) < 4.78 is 26.1. The number of allylic oxidation sites excluding steroid dienone is 8. The highest BCUT2D eigenvalue weighted by molar-refractivity contribution is 7.46. The Balaban J connectivity index is 4.31. The molecule has 0 aromatic heterocycles. The molecular weight excluding hydrogens is 699 g/mol. The molecule has 0 aromatic carbocycles. The minimum atomic E-state index is -4.84. The molecule has 0 amide bonds. The Kier molecular flexibility index (Phi) is 33.8. The Morgan fingerprint density at radius 1 is 0.604 bits per heavy atom. The summed E-state index contributed by atoms with van der Waals surface area (Å²) in [5.41, 5.74) is 0. The zero-order chi connectivity index (χ0) is 39.4. The lowest BCUT2D eigenvalue weighted by Gasteiger charge is -2.18. The van der Waals surface area contributed by atoms with Gasteiger partial charge in [0, 0.05) is 12.8 Å². The van der Waals surface area contributed by atoms with Crippen LogP contribution in [0, 0.1) is 0 Å². The van der Waals surface area contributed by atoms with Crippen LogP contribution in [-0.4, -0.2) is 74.7 Å². The molecule has 0 spiro atoms. The summed E-state index contributed by atoms with van der Waals surface area (Å²) >= 11 is 0. The van der Waals surface area contributed by atoms with Crippen LogP contribution in [0.4, 0.5) is 0 Å². The molecule has 0 saturated heterocycles. The predicted molar refractivity (Wildman–Crippen MR) is 211 cm³/mol. The number of phosphoric ester groups is 1. The highest BCUT2D eigenvalue weighted by atomic mass is 31.2.